The highest BCUT2D eigenvalue weighted by atomic mass is 16.5. The summed E-state index contributed by atoms with van der Waals surface area (Å²) in [4.78, 5) is 13.8. The first kappa shape index (κ1) is 16.8. The molecule has 1 aliphatic heterocycles. The zero-order valence-electron chi connectivity index (χ0n) is 12.7. The van der Waals surface area contributed by atoms with Gasteiger partial charge in [-0.05, 0) is 18.2 Å². The van der Waals surface area contributed by atoms with Gasteiger partial charge in [0.1, 0.15) is 23.9 Å². The van der Waals surface area contributed by atoms with Gasteiger partial charge in [0.05, 0.1) is 13.2 Å². The molecule has 1 aliphatic rings. The SMILES string of the molecule is N#CC(C#N)=C(C#N)Nc1cccc(NC(=O)N2CCOCC2)c1. The van der Waals surface area contributed by atoms with Gasteiger partial charge in [0.2, 0.25) is 0 Å². The molecule has 0 aliphatic carbocycles. The molecule has 1 aromatic carbocycles. The van der Waals surface area contributed by atoms with E-state index in [1.165, 1.54) is 0 Å². The minimum atomic E-state index is -0.305. The van der Waals surface area contributed by atoms with Crippen molar-refractivity contribution in [1.29, 1.82) is 15.8 Å². The summed E-state index contributed by atoms with van der Waals surface area (Å²) in [6.45, 7) is 2.07. The van der Waals surface area contributed by atoms with Crippen LogP contribution in [0.25, 0.3) is 0 Å². The van der Waals surface area contributed by atoms with E-state index in [4.69, 9.17) is 20.5 Å². The predicted octanol–water partition coefficient (Wildman–Crippen LogP) is 1.79. The summed E-state index contributed by atoms with van der Waals surface area (Å²) in [5.74, 6) is 0. The highest BCUT2D eigenvalue weighted by Crippen LogP contribution is 2.18. The normalized spacial score (nSPS) is 13.0. The number of nitriles is 3. The van der Waals surface area contributed by atoms with Gasteiger partial charge in [-0.3, -0.25) is 0 Å². The minimum absolute atomic E-state index is 0.142. The molecule has 0 bridgehead atoms. The van der Waals surface area contributed by atoms with E-state index < -0.39 is 0 Å². The van der Waals surface area contributed by atoms with Gasteiger partial charge in [0, 0.05) is 24.5 Å². The number of rotatable bonds is 3. The number of urea groups is 1. The van der Waals surface area contributed by atoms with Crippen LogP contribution in [0.5, 0.6) is 0 Å². The van der Waals surface area contributed by atoms with Gasteiger partial charge >= 0.3 is 6.03 Å². The second-order valence-corrected chi connectivity index (χ2v) is 4.82. The quantitative estimate of drug-likeness (QED) is 0.817. The largest absolute Gasteiger partial charge is 0.378 e. The van der Waals surface area contributed by atoms with Crippen molar-refractivity contribution in [2.24, 2.45) is 0 Å². The van der Waals surface area contributed by atoms with Gasteiger partial charge in [-0.2, -0.15) is 15.8 Å². The van der Waals surface area contributed by atoms with Gasteiger partial charge in [-0.25, -0.2) is 4.79 Å². The maximum absolute atomic E-state index is 12.1. The number of nitrogens with zero attached hydrogens (tertiary/aromatic N) is 4. The lowest BCUT2D eigenvalue weighted by atomic mass is 10.2. The van der Waals surface area contributed by atoms with Crippen molar-refractivity contribution in [3.8, 4) is 18.2 Å². The molecule has 8 nitrogen and oxygen atoms in total. The Morgan fingerprint density at radius 2 is 1.67 bits per heavy atom. The van der Waals surface area contributed by atoms with Crippen molar-refractivity contribution >= 4 is 17.4 Å². The van der Waals surface area contributed by atoms with Crippen LogP contribution in [0.2, 0.25) is 0 Å². The van der Waals surface area contributed by atoms with Crippen LogP contribution in [0, 0.1) is 34.0 Å². The number of nitrogens with one attached hydrogen (secondary N) is 2. The molecule has 24 heavy (non-hydrogen) atoms. The van der Waals surface area contributed by atoms with Crippen molar-refractivity contribution in [2.75, 3.05) is 36.9 Å². The summed E-state index contributed by atoms with van der Waals surface area (Å²) in [5, 5.41) is 32.2. The molecular weight excluding hydrogens is 308 g/mol. The lowest BCUT2D eigenvalue weighted by molar-refractivity contribution is 0.0564. The second-order valence-electron chi connectivity index (χ2n) is 4.82. The summed E-state index contributed by atoms with van der Waals surface area (Å²) in [5.41, 5.74) is 0.565. The molecule has 0 spiro atoms. The molecule has 1 heterocycles. The van der Waals surface area contributed by atoms with Gasteiger partial charge in [0.25, 0.3) is 0 Å². The van der Waals surface area contributed by atoms with E-state index >= 15 is 0 Å². The standard InChI is InChI=1S/C16H14N6O2/c17-9-12(10-18)15(11-19)20-13-2-1-3-14(8-13)21-16(23)22-4-6-24-7-5-22/h1-3,8,20H,4-7H2,(H,21,23). The molecule has 0 saturated carbocycles. The number of allylic oxidation sites excluding steroid dienone is 2. The molecule has 1 fully saturated rings. The minimum Gasteiger partial charge on any atom is -0.378 e. The molecule has 0 unspecified atom stereocenters. The van der Waals surface area contributed by atoms with E-state index in [2.05, 4.69) is 10.6 Å². The third kappa shape index (κ3) is 4.23. The smallest absolute Gasteiger partial charge is 0.322 e. The van der Waals surface area contributed by atoms with Crippen LogP contribution in [0.3, 0.4) is 0 Å². The van der Waals surface area contributed by atoms with Crippen LogP contribution in [0.4, 0.5) is 16.2 Å². The third-order valence-corrected chi connectivity index (χ3v) is 3.27. The molecule has 120 valence electrons. The Balaban J connectivity index is 2.10. The number of carbonyl (C=O) groups is 1. The van der Waals surface area contributed by atoms with Crippen molar-refractivity contribution in [2.45, 2.75) is 0 Å². The maximum atomic E-state index is 12.1. The zero-order chi connectivity index (χ0) is 17.4. The molecule has 8 heteroatoms. The fraction of sp³-hybridized carbons (Fsp3) is 0.250. The summed E-state index contributed by atoms with van der Waals surface area (Å²) in [6, 6.07) is 11.5. The monoisotopic (exact) mass is 322 g/mol. The van der Waals surface area contributed by atoms with Crippen LogP contribution in [0.1, 0.15) is 0 Å². The molecule has 0 aromatic heterocycles. The molecule has 0 radical (unpaired) electrons. The zero-order valence-corrected chi connectivity index (χ0v) is 12.7. The summed E-state index contributed by atoms with van der Waals surface area (Å²) in [7, 11) is 0. The second kappa shape index (κ2) is 8.19. The highest BCUT2D eigenvalue weighted by Gasteiger charge is 2.16. The number of morpholine rings is 1. The van der Waals surface area contributed by atoms with Gasteiger partial charge in [0.15, 0.2) is 5.57 Å². The number of hydrogen-bond donors (Lipinski definition) is 2. The average molecular weight is 322 g/mol. The third-order valence-electron chi connectivity index (χ3n) is 3.27. The summed E-state index contributed by atoms with van der Waals surface area (Å²) >= 11 is 0. The van der Waals surface area contributed by atoms with E-state index in [0.717, 1.165) is 0 Å². The van der Waals surface area contributed by atoms with Crippen molar-refractivity contribution in [3.05, 3.63) is 35.5 Å². The van der Waals surface area contributed by atoms with E-state index in [-0.39, 0.29) is 17.3 Å². The van der Waals surface area contributed by atoms with E-state index in [1.54, 1.807) is 47.4 Å². The fourth-order valence-electron chi connectivity index (χ4n) is 2.07. The first-order chi connectivity index (χ1) is 11.7. The summed E-state index contributed by atoms with van der Waals surface area (Å²) in [6.07, 6.45) is 0. The van der Waals surface area contributed by atoms with Crippen LogP contribution >= 0.6 is 0 Å². The Labute approximate surface area is 139 Å². The average Bonchev–Trinajstić information content (AvgIpc) is 2.62. The summed E-state index contributed by atoms with van der Waals surface area (Å²) < 4.78 is 5.20. The lowest BCUT2D eigenvalue weighted by Gasteiger charge is -2.27. The van der Waals surface area contributed by atoms with Gasteiger partial charge < -0.3 is 20.3 Å². The van der Waals surface area contributed by atoms with Gasteiger partial charge in [-0.1, -0.05) is 6.07 Å². The van der Waals surface area contributed by atoms with Crippen molar-refractivity contribution in [3.63, 3.8) is 0 Å². The molecule has 1 aromatic rings. The number of carbonyl (C=O) groups excluding carboxylic acids is 1. The maximum Gasteiger partial charge on any atom is 0.322 e. The number of anilines is 2. The van der Waals surface area contributed by atoms with Crippen LogP contribution in [-0.4, -0.2) is 37.2 Å². The molecule has 2 N–H and O–H groups in total. The van der Waals surface area contributed by atoms with Gasteiger partial charge in [-0.15, -0.1) is 0 Å². The first-order valence-corrected chi connectivity index (χ1v) is 7.13. The van der Waals surface area contributed by atoms with Crippen molar-refractivity contribution in [1.82, 2.24) is 4.90 Å². The fourth-order valence-corrected chi connectivity index (χ4v) is 2.07. The van der Waals surface area contributed by atoms with E-state index in [9.17, 15) is 4.79 Å². The Kier molecular flexibility index (Phi) is 5.74. The Morgan fingerprint density at radius 1 is 1.04 bits per heavy atom. The number of benzene rings is 1. The molecule has 2 rings (SSSR count). The van der Waals surface area contributed by atoms with E-state index in [1.807, 2.05) is 0 Å². The molecular formula is C16H14N6O2. The topological polar surface area (TPSA) is 125 Å². The first-order valence-electron chi connectivity index (χ1n) is 7.13. The van der Waals surface area contributed by atoms with Crippen LogP contribution < -0.4 is 10.6 Å². The van der Waals surface area contributed by atoms with Crippen LogP contribution in [-0.2, 0) is 4.74 Å². The van der Waals surface area contributed by atoms with E-state index in [0.29, 0.717) is 37.7 Å². The van der Waals surface area contributed by atoms with Crippen molar-refractivity contribution < 1.29 is 9.53 Å². The lowest BCUT2D eigenvalue weighted by Crippen LogP contribution is -2.43. The number of hydrogen-bond acceptors (Lipinski definition) is 6. The molecule has 1 saturated heterocycles. The van der Waals surface area contributed by atoms with Crippen LogP contribution in [0.15, 0.2) is 35.5 Å². The number of amides is 2. The molecule has 0 atom stereocenters. The Bertz CT molecular complexity index is 759. The highest BCUT2D eigenvalue weighted by molar-refractivity contribution is 5.90. The Hall–Kier alpha value is -3.54. The Morgan fingerprint density at radius 3 is 2.25 bits per heavy atom. The number of ether oxygens (including phenoxy) is 1. The predicted molar refractivity (Wildman–Crippen MR) is 85.3 cm³/mol. The molecule has 2 amide bonds.